The summed E-state index contributed by atoms with van der Waals surface area (Å²) in [6, 6.07) is 22.1. The Morgan fingerprint density at radius 1 is 0.923 bits per heavy atom. The first-order valence-electron chi connectivity index (χ1n) is 8.82. The minimum atomic E-state index is 0.571. The van der Waals surface area contributed by atoms with Gasteiger partial charge in [-0.1, -0.05) is 54.1 Å². The minimum Gasteiger partial charge on any atom is -0.489 e. The Morgan fingerprint density at radius 3 is 2.65 bits per heavy atom. The highest BCUT2D eigenvalue weighted by Crippen LogP contribution is 2.19. The van der Waals surface area contributed by atoms with Crippen molar-refractivity contribution in [3.05, 3.63) is 89.6 Å². The van der Waals surface area contributed by atoms with Gasteiger partial charge in [-0.25, -0.2) is 4.98 Å². The van der Waals surface area contributed by atoms with Crippen LogP contribution in [0.2, 0.25) is 0 Å². The summed E-state index contributed by atoms with van der Waals surface area (Å²) in [6.07, 6.45) is 1.73. The topological polar surface area (TPSA) is 43.4 Å². The first kappa shape index (κ1) is 18.0. The van der Waals surface area contributed by atoms with Gasteiger partial charge in [0.1, 0.15) is 19.0 Å². The van der Waals surface area contributed by atoms with Crippen LogP contribution >= 0.6 is 0 Å². The van der Waals surface area contributed by atoms with Crippen molar-refractivity contribution in [1.82, 2.24) is 10.3 Å². The van der Waals surface area contributed by atoms with Crippen molar-refractivity contribution in [2.75, 3.05) is 13.2 Å². The maximum atomic E-state index is 6.02. The zero-order valence-corrected chi connectivity index (χ0v) is 15.0. The van der Waals surface area contributed by atoms with Gasteiger partial charge in [-0.3, -0.25) is 0 Å². The molecule has 1 aromatic heterocycles. The molecule has 26 heavy (non-hydrogen) atoms. The summed E-state index contributed by atoms with van der Waals surface area (Å²) in [5.41, 5.74) is 3.56. The van der Waals surface area contributed by atoms with E-state index in [0.29, 0.717) is 19.1 Å². The van der Waals surface area contributed by atoms with Gasteiger partial charge in [-0.2, -0.15) is 0 Å². The molecule has 134 valence electrons. The maximum absolute atomic E-state index is 6.02. The van der Waals surface area contributed by atoms with Crippen LogP contribution in [0.15, 0.2) is 72.9 Å². The smallest absolute Gasteiger partial charge is 0.213 e. The molecule has 0 amide bonds. The number of hydrogen-bond acceptors (Lipinski definition) is 4. The molecule has 0 radical (unpaired) electrons. The van der Waals surface area contributed by atoms with Crippen LogP contribution in [-0.4, -0.2) is 18.1 Å². The number of aromatic nitrogens is 1. The van der Waals surface area contributed by atoms with E-state index in [1.165, 1.54) is 11.1 Å². The second kappa shape index (κ2) is 9.59. The van der Waals surface area contributed by atoms with E-state index in [0.717, 1.165) is 24.4 Å². The summed E-state index contributed by atoms with van der Waals surface area (Å²) in [4.78, 5) is 4.14. The van der Waals surface area contributed by atoms with Gasteiger partial charge in [0.15, 0.2) is 0 Å². The summed E-state index contributed by atoms with van der Waals surface area (Å²) in [5, 5.41) is 3.39. The number of benzene rings is 2. The zero-order valence-electron chi connectivity index (χ0n) is 15.0. The van der Waals surface area contributed by atoms with Gasteiger partial charge in [0, 0.05) is 30.9 Å². The van der Waals surface area contributed by atoms with Gasteiger partial charge in [0.2, 0.25) is 5.88 Å². The minimum absolute atomic E-state index is 0.571. The third-order valence-electron chi connectivity index (χ3n) is 3.93. The second-order valence-electron chi connectivity index (χ2n) is 6.08. The number of pyridine rings is 1. The third-order valence-corrected chi connectivity index (χ3v) is 3.93. The molecule has 1 heterocycles. The van der Waals surface area contributed by atoms with Crippen molar-refractivity contribution in [3.63, 3.8) is 0 Å². The van der Waals surface area contributed by atoms with Crippen molar-refractivity contribution in [3.8, 4) is 11.6 Å². The summed E-state index contributed by atoms with van der Waals surface area (Å²) < 4.78 is 11.6. The van der Waals surface area contributed by atoms with Crippen LogP contribution in [0.5, 0.6) is 11.6 Å². The molecule has 0 atom stereocenters. The zero-order chi connectivity index (χ0) is 18.0. The van der Waals surface area contributed by atoms with Gasteiger partial charge in [-0.15, -0.1) is 0 Å². The van der Waals surface area contributed by atoms with Gasteiger partial charge < -0.3 is 14.8 Å². The molecule has 1 N–H and O–H groups in total. The highest BCUT2D eigenvalue weighted by molar-refractivity contribution is 5.33. The van der Waals surface area contributed by atoms with Crippen LogP contribution in [0, 0.1) is 6.92 Å². The molecule has 0 fully saturated rings. The van der Waals surface area contributed by atoms with Crippen LogP contribution in [0.3, 0.4) is 0 Å². The number of para-hydroxylation sites is 1. The summed E-state index contributed by atoms with van der Waals surface area (Å²) in [6.45, 7) is 4.71. The molecular formula is C22H24N2O2. The Kier molecular flexibility index (Phi) is 6.62. The second-order valence-corrected chi connectivity index (χ2v) is 6.08. The summed E-state index contributed by atoms with van der Waals surface area (Å²) in [7, 11) is 0. The van der Waals surface area contributed by atoms with Crippen molar-refractivity contribution < 1.29 is 9.47 Å². The Bertz CT molecular complexity index is 806. The average molecular weight is 348 g/mol. The van der Waals surface area contributed by atoms with E-state index in [4.69, 9.17) is 9.47 Å². The van der Waals surface area contributed by atoms with E-state index in [1.807, 2.05) is 36.4 Å². The van der Waals surface area contributed by atoms with Crippen molar-refractivity contribution in [1.29, 1.82) is 0 Å². The van der Waals surface area contributed by atoms with E-state index < -0.39 is 0 Å². The van der Waals surface area contributed by atoms with Crippen LogP contribution in [0.25, 0.3) is 0 Å². The lowest BCUT2D eigenvalue weighted by Gasteiger charge is -2.13. The van der Waals surface area contributed by atoms with E-state index in [2.05, 4.69) is 47.6 Å². The van der Waals surface area contributed by atoms with Crippen LogP contribution in [0.1, 0.15) is 16.7 Å². The fraction of sp³-hybridized carbons (Fsp3) is 0.227. The first-order valence-corrected chi connectivity index (χ1v) is 8.82. The molecule has 0 saturated heterocycles. The van der Waals surface area contributed by atoms with Gasteiger partial charge >= 0.3 is 0 Å². The number of hydrogen-bond donors (Lipinski definition) is 1. The van der Waals surface area contributed by atoms with Crippen molar-refractivity contribution in [2.24, 2.45) is 0 Å². The lowest BCUT2D eigenvalue weighted by atomic mass is 10.1. The Hall–Kier alpha value is -2.85. The summed E-state index contributed by atoms with van der Waals surface area (Å²) in [5.74, 6) is 1.56. The number of aryl methyl sites for hydroxylation is 1. The molecule has 3 aromatic rings. The molecule has 0 unspecified atom stereocenters. The maximum Gasteiger partial charge on any atom is 0.213 e. The van der Waals surface area contributed by atoms with Crippen molar-refractivity contribution >= 4 is 0 Å². The quantitative estimate of drug-likeness (QED) is 0.590. The average Bonchev–Trinajstić information content (AvgIpc) is 2.68. The third kappa shape index (κ3) is 5.60. The Balaban J connectivity index is 1.46. The predicted molar refractivity (Wildman–Crippen MR) is 103 cm³/mol. The van der Waals surface area contributed by atoms with Gasteiger partial charge in [-0.05, 0) is 24.6 Å². The van der Waals surface area contributed by atoms with E-state index >= 15 is 0 Å². The number of ether oxygens (including phenoxy) is 2. The molecule has 2 aromatic carbocycles. The monoisotopic (exact) mass is 348 g/mol. The van der Waals surface area contributed by atoms with Gasteiger partial charge in [0.05, 0.1) is 0 Å². The largest absolute Gasteiger partial charge is 0.489 e. The van der Waals surface area contributed by atoms with E-state index in [-0.39, 0.29) is 0 Å². The van der Waals surface area contributed by atoms with Crippen LogP contribution in [-0.2, 0) is 13.2 Å². The van der Waals surface area contributed by atoms with Gasteiger partial charge in [0.25, 0.3) is 0 Å². The SMILES string of the molecule is Cc1cccc(COc2ccccc2CNCCOc2ccccn2)c1. The van der Waals surface area contributed by atoms with Crippen LogP contribution < -0.4 is 14.8 Å². The molecule has 4 nitrogen and oxygen atoms in total. The number of nitrogens with zero attached hydrogens (tertiary/aromatic N) is 1. The Morgan fingerprint density at radius 2 is 1.81 bits per heavy atom. The predicted octanol–water partition coefficient (Wildman–Crippen LogP) is 4.14. The lowest BCUT2D eigenvalue weighted by Crippen LogP contribution is -2.21. The fourth-order valence-electron chi connectivity index (χ4n) is 2.64. The fourth-order valence-corrected chi connectivity index (χ4v) is 2.64. The molecule has 0 saturated carbocycles. The molecule has 0 aliphatic heterocycles. The molecule has 0 aliphatic carbocycles. The summed E-state index contributed by atoms with van der Waals surface area (Å²) >= 11 is 0. The number of nitrogens with one attached hydrogen (secondary N) is 1. The molecule has 0 bridgehead atoms. The van der Waals surface area contributed by atoms with Crippen molar-refractivity contribution in [2.45, 2.75) is 20.1 Å². The van der Waals surface area contributed by atoms with E-state index in [1.54, 1.807) is 6.20 Å². The number of rotatable bonds is 9. The Labute approximate surface area is 154 Å². The lowest BCUT2D eigenvalue weighted by molar-refractivity contribution is 0.295. The molecule has 0 aliphatic rings. The highest BCUT2D eigenvalue weighted by Gasteiger charge is 2.04. The molecule has 0 spiro atoms. The highest BCUT2D eigenvalue weighted by atomic mass is 16.5. The molecule has 4 heteroatoms. The van der Waals surface area contributed by atoms with Crippen LogP contribution in [0.4, 0.5) is 0 Å². The molecular weight excluding hydrogens is 324 g/mol. The van der Waals surface area contributed by atoms with E-state index in [9.17, 15) is 0 Å². The normalized spacial score (nSPS) is 10.5. The standard InChI is InChI=1S/C22H24N2O2/c1-18-7-6-8-19(15-18)17-26-21-10-3-2-9-20(21)16-23-13-14-25-22-11-4-5-12-24-22/h2-12,15,23H,13-14,16-17H2,1H3. The first-order chi connectivity index (χ1) is 12.8. The molecule has 3 rings (SSSR count).